The summed E-state index contributed by atoms with van der Waals surface area (Å²) in [6, 6.07) is 1.79. The SMILES string of the molecule is C[C@@H]1NC(=O)[C@H](Cc2c[nH]c3ccccc23)NC(=O)OCOC(=O)[C@H](C)NC(=O)[C@H](CC(=O)O)NC(=O)CNC(=O)CNC1=O. The third kappa shape index (κ3) is 10.2. The molecule has 6 amide bonds. The predicted octanol–water partition coefficient (Wildman–Crippen LogP) is -2.48. The van der Waals surface area contributed by atoms with Gasteiger partial charge in [0.05, 0.1) is 19.5 Å². The van der Waals surface area contributed by atoms with E-state index in [1.807, 2.05) is 18.2 Å². The molecule has 2 aromatic rings. The molecule has 0 aliphatic carbocycles. The molecule has 1 aliphatic heterocycles. The zero-order valence-corrected chi connectivity index (χ0v) is 24.3. The summed E-state index contributed by atoms with van der Waals surface area (Å²) in [6.45, 7) is 0.366. The summed E-state index contributed by atoms with van der Waals surface area (Å²) in [5.74, 6) is -6.84. The number of fused-ring (bicyclic) bond motifs is 1. The van der Waals surface area contributed by atoms with Gasteiger partial charge in [-0.3, -0.25) is 28.8 Å². The van der Waals surface area contributed by atoms with Crippen molar-refractivity contribution < 1.29 is 52.9 Å². The van der Waals surface area contributed by atoms with Crippen molar-refractivity contribution in [1.29, 1.82) is 0 Å². The first-order valence-electron chi connectivity index (χ1n) is 13.6. The number of aromatic amines is 1. The topological polar surface area (TPSA) is 263 Å². The number of rotatable bonds is 4. The van der Waals surface area contributed by atoms with Crippen LogP contribution in [-0.4, -0.2) is 102 Å². The molecule has 0 unspecified atom stereocenters. The first kappa shape index (κ1) is 33.8. The number of hydrogen-bond acceptors (Lipinski definition) is 10. The molecule has 18 nitrogen and oxygen atoms in total. The van der Waals surface area contributed by atoms with E-state index in [0.29, 0.717) is 5.56 Å². The molecule has 18 heteroatoms. The van der Waals surface area contributed by atoms with Crippen LogP contribution in [0.3, 0.4) is 0 Å². The number of carbonyl (C=O) groups is 8. The number of benzene rings is 1. The number of carboxylic acid groups (broad SMARTS) is 1. The molecule has 242 valence electrons. The van der Waals surface area contributed by atoms with Crippen LogP contribution in [-0.2, 0) is 49.5 Å². The van der Waals surface area contributed by atoms with Gasteiger partial charge in [-0.2, -0.15) is 0 Å². The Morgan fingerprint density at radius 1 is 0.800 bits per heavy atom. The second-order valence-corrected chi connectivity index (χ2v) is 9.95. The fourth-order valence-electron chi connectivity index (χ4n) is 4.12. The minimum Gasteiger partial charge on any atom is -0.481 e. The highest BCUT2D eigenvalue weighted by molar-refractivity contribution is 5.96. The smallest absolute Gasteiger partial charge is 0.410 e. The maximum Gasteiger partial charge on any atom is 0.410 e. The predicted molar refractivity (Wildman–Crippen MR) is 152 cm³/mol. The molecular formula is C27H33N7O11. The number of carbonyl (C=O) groups excluding carboxylic acids is 7. The van der Waals surface area contributed by atoms with Crippen LogP contribution in [0.4, 0.5) is 4.79 Å². The lowest BCUT2D eigenvalue weighted by Crippen LogP contribution is -2.55. The van der Waals surface area contributed by atoms with E-state index in [1.165, 1.54) is 13.8 Å². The van der Waals surface area contributed by atoms with E-state index >= 15 is 0 Å². The number of hydrogen-bond donors (Lipinski definition) is 8. The summed E-state index contributed by atoms with van der Waals surface area (Å²) in [4.78, 5) is 102. The number of carboxylic acids is 1. The van der Waals surface area contributed by atoms with Crippen molar-refractivity contribution in [2.75, 3.05) is 19.9 Å². The number of para-hydroxylation sites is 1. The molecule has 0 radical (unpaired) electrons. The Hall–Kier alpha value is -5.68. The van der Waals surface area contributed by atoms with E-state index in [-0.39, 0.29) is 6.42 Å². The van der Waals surface area contributed by atoms with Crippen molar-refractivity contribution in [3.63, 3.8) is 0 Å². The minimum absolute atomic E-state index is 0.0376. The number of cyclic esters (lactones) is 2. The second-order valence-electron chi connectivity index (χ2n) is 9.95. The maximum absolute atomic E-state index is 13.2. The van der Waals surface area contributed by atoms with Gasteiger partial charge >= 0.3 is 18.0 Å². The van der Waals surface area contributed by atoms with Crippen LogP contribution < -0.4 is 31.9 Å². The van der Waals surface area contributed by atoms with Crippen LogP contribution >= 0.6 is 0 Å². The summed E-state index contributed by atoms with van der Waals surface area (Å²) in [5, 5.41) is 23.5. The summed E-state index contributed by atoms with van der Waals surface area (Å²) in [6.07, 6.45) is -0.389. The van der Waals surface area contributed by atoms with E-state index in [1.54, 1.807) is 12.3 Å². The molecule has 1 aromatic heterocycles. The van der Waals surface area contributed by atoms with E-state index in [0.717, 1.165) is 10.9 Å². The van der Waals surface area contributed by atoms with Crippen molar-refractivity contribution in [2.45, 2.75) is 50.9 Å². The molecule has 1 aliphatic rings. The van der Waals surface area contributed by atoms with Crippen molar-refractivity contribution in [3.05, 3.63) is 36.0 Å². The number of H-pyrrole nitrogens is 1. The molecule has 1 fully saturated rings. The zero-order valence-electron chi connectivity index (χ0n) is 24.3. The molecule has 0 spiro atoms. The highest BCUT2D eigenvalue weighted by Gasteiger charge is 2.29. The van der Waals surface area contributed by atoms with Gasteiger partial charge in [0.25, 0.3) is 0 Å². The summed E-state index contributed by atoms with van der Waals surface area (Å²) < 4.78 is 9.73. The zero-order chi connectivity index (χ0) is 33.1. The third-order valence-electron chi connectivity index (χ3n) is 6.46. The van der Waals surface area contributed by atoms with Crippen molar-refractivity contribution in [3.8, 4) is 0 Å². The molecule has 3 rings (SSSR count). The average Bonchev–Trinajstić information content (AvgIpc) is 3.39. The second kappa shape index (κ2) is 15.7. The molecule has 2 heterocycles. The molecule has 0 saturated carbocycles. The van der Waals surface area contributed by atoms with Crippen molar-refractivity contribution in [2.24, 2.45) is 0 Å². The van der Waals surface area contributed by atoms with Gasteiger partial charge in [0.15, 0.2) is 0 Å². The number of esters is 1. The molecule has 45 heavy (non-hydrogen) atoms. The molecule has 4 atom stereocenters. The highest BCUT2D eigenvalue weighted by atomic mass is 16.7. The van der Waals surface area contributed by atoms with Crippen LogP contribution in [0.1, 0.15) is 25.8 Å². The number of aliphatic carboxylic acids is 1. The molecule has 0 bridgehead atoms. The first-order valence-corrected chi connectivity index (χ1v) is 13.6. The van der Waals surface area contributed by atoms with Crippen molar-refractivity contribution >= 4 is 58.5 Å². The van der Waals surface area contributed by atoms with Gasteiger partial charge in [-0.25, -0.2) is 9.59 Å². The largest absolute Gasteiger partial charge is 0.481 e. The van der Waals surface area contributed by atoms with E-state index < -0.39 is 98.0 Å². The van der Waals surface area contributed by atoms with E-state index in [2.05, 4.69) is 36.9 Å². The lowest BCUT2D eigenvalue weighted by Gasteiger charge is -2.22. The lowest BCUT2D eigenvalue weighted by molar-refractivity contribution is -0.155. The fourth-order valence-corrected chi connectivity index (χ4v) is 4.12. The Morgan fingerprint density at radius 3 is 2.20 bits per heavy atom. The summed E-state index contributed by atoms with van der Waals surface area (Å²) in [5.41, 5.74) is 1.43. The van der Waals surface area contributed by atoms with Gasteiger partial charge < -0.3 is 51.5 Å². The van der Waals surface area contributed by atoms with Crippen LogP contribution in [0.5, 0.6) is 0 Å². The van der Waals surface area contributed by atoms with E-state index in [4.69, 9.17) is 14.6 Å². The van der Waals surface area contributed by atoms with Gasteiger partial charge in [0.1, 0.15) is 24.2 Å². The number of nitrogens with one attached hydrogen (secondary N) is 7. The summed E-state index contributed by atoms with van der Waals surface area (Å²) >= 11 is 0. The Labute approximate surface area is 255 Å². The van der Waals surface area contributed by atoms with Gasteiger partial charge in [-0.1, -0.05) is 18.2 Å². The lowest BCUT2D eigenvalue weighted by atomic mass is 10.0. The highest BCUT2D eigenvalue weighted by Crippen LogP contribution is 2.19. The average molecular weight is 632 g/mol. The number of alkyl carbamates (subject to hydrolysis) is 1. The van der Waals surface area contributed by atoms with E-state index in [9.17, 15) is 38.4 Å². The third-order valence-corrected chi connectivity index (χ3v) is 6.46. The summed E-state index contributed by atoms with van der Waals surface area (Å²) in [7, 11) is 0. The van der Waals surface area contributed by atoms with Crippen LogP contribution in [0.2, 0.25) is 0 Å². The Morgan fingerprint density at radius 2 is 1.47 bits per heavy atom. The molecular weight excluding hydrogens is 598 g/mol. The monoisotopic (exact) mass is 631 g/mol. The van der Waals surface area contributed by atoms with Gasteiger partial charge in [0, 0.05) is 23.5 Å². The standard InChI is InChI=1S/C27H33N7O11/c1-13-23(39)30-10-20(35)29-11-21(36)33-19(8-22(37)38)25(41)32-14(2)26(42)44-12-45-27(43)34-18(24(40)31-13)7-15-9-28-17-6-4-3-5-16(15)17/h3-6,9,13-14,18-19,28H,7-8,10-12H2,1-2H3,(H,29,35)(H,30,39)(H,31,40)(H,32,41)(H,33,36)(H,34,43)(H,37,38)/t13-,14-,18-,19-/m0/s1. The van der Waals surface area contributed by atoms with Crippen LogP contribution in [0.15, 0.2) is 30.5 Å². The first-order chi connectivity index (χ1) is 21.3. The van der Waals surface area contributed by atoms with Crippen molar-refractivity contribution in [1.82, 2.24) is 36.9 Å². The minimum atomic E-state index is -1.62. The number of aromatic nitrogens is 1. The molecule has 8 N–H and O–H groups in total. The Kier molecular flexibility index (Phi) is 11.8. The Balaban J connectivity index is 1.78. The molecule has 1 saturated heterocycles. The number of amides is 6. The van der Waals surface area contributed by atoms with Gasteiger partial charge in [-0.15, -0.1) is 0 Å². The maximum atomic E-state index is 13.2. The number of ether oxygens (including phenoxy) is 2. The van der Waals surface area contributed by atoms with Gasteiger partial charge in [0.2, 0.25) is 36.3 Å². The molecule has 1 aromatic carbocycles. The van der Waals surface area contributed by atoms with Gasteiger partial charge in [-0.05, 0) is 25.5 Å². The Bertz CT molecular complexity index is 1470. The normalized spacial score (nSPS) is 23.4. The fraction of sp³-hybridized carbons (Fsp3) is 0.407. The van der Waals surface area contributed by atoms with Crippen LogP contribution in [0, 0.1) is 0 Å². The quantitative estimate of drug-likeness (QED) is 0.164. The van der Waals surface area contributed by atoms with Crippen LogP contribution in [0.25, 0.3) is 10.9 Å².